The molecule has 0 spiro atoms. The number of rotatable bonds is 6. The number of ether oxygens (including phenoxy) is 1. The fourth-order valence-electron chi connectivity index (χ4n) is 2.86. The minimum atomic E-state index is -2.38. The number of likely N-dealkylation sites (tertiary alicyclic amines) is 1. The van der Waals surface area contributed by atoms with Crippen LogP contribution in [0.4, 0.5) is 8.78 Å². The van der Waals surface area contributed by atoms with Crippen LogP contribution >= 0.6 is 0 Å². The molecule has 21 heavy (non-hydrogen) atoms. The number of hydrogen-bond donors (Lipinski definition) is 0. The zero-order valence-corrected chi connectivity index (χ0v) is 11.8. The van der Waals surface area contributed by atoms with Gasteiger partial charge in [0.2, 0.25) is 0 Å². The van der Waals surface area contributed by atoms with Crippen molar-refractivity contribution >= 4 is 10.9 Å². The first-order valence-electron chi connectivity index (χ1n) is 7.24. The first kappa shape index (κ1) is 14.4. The standard InChI is InChI=1S/C15H19F2N3O/c16-15(17)11-21-8-7-19-6-5-13(10-19)20-14-4-2-1-3-12(14)9-18-20/h1-4,9,13,15H,5-8,10-11H2/t13-/m1/s1. The summed E-state index contributed by atoms with van der Waals surface area (Å²) in [5.74, 6) is 0. The van der Waals surface area contributed by atoms with E-state index < -0.39 is 13.0 Å². The van der Waals surface area contributed by atoms with Crippen LogP contribution in [0.5, 0.6) is 0 Å². The van der Waals surface area contributed by atoms with Gasteiger partial charge in [-0.25, -0.2) is 8.78 Å². The molecule has 114 valence electrons. The molecule has 6 heteroatoms. The van der Waals surface area contributed by atoms with Crippen LogP contribution in [0, 0.1) is 0 Å². The Labute approximate surface area is 122 Å². The van der Waals surface area contributed by atoms with Crippen molar-refractivity contribution in [2.75, 3.05) is 32.8 Å². The first-order chi connectivity index (χ1) is 10.2. The van der Waals surface area contributed by atoms with Crippen molar-refractivity contribution in [1.82, 2.24) is 14.7 Å². The van der Waals surface area contributed by atoms with Crippen LogP contribution in [-0.2, 0) is 4.74 Å². The SMILES string of the molecule is FC(F)COCCN1CC[C@@H](n2ncc3ccccc32)C1. The summed E-state index contributed by atoms with van der Waals surface area (Å²) in [7, 11) is 0. The molecular weight excluding hydrogens is 276 g/mol. The Bertz CT molecular complexity index is 587. The highest BCUT2D eigenvalue weighted by molar-refractivity contribution is 5.78. The lowest BCUT2D eigenvalue weighted by Crippen LogP contribution is -2.26. The van der Waals surface area contributed by atoms with Gasteiger partial charge in [-0.1, -0.05) is 18.2 Å². The van der Waals surface area contributed by atoms with E-state index in [1.165, 1.54) is 0 Å². The molecule has 2 aromatic rings. The molecule has 1 atom stereocenters. The number of aromatic nitrogens is 2. The Kier molecular flexibility index (Phi) is 4.45. The molecule has 1 saturated heterocycles. The van der Waals surface area contributed by atoms with Gasteiger partial charge in [-0.05, 0) is 12.5 Å². The minimum absolute atomic E-state index is 0.347. The summed E-state index contributed by atoms with van der Waals surface area (Å²) in [6.45, 7) is 2.43. The van der Waals surface area contributed by atoms with Crippen LogP contribution in [-0.4, -0.2) is 54.0 Å². The van der Waals surface area contributed by atoms with Crippen molar-refractivity contribution in [1.29, 1.82) is 0 Å². The number of halogens is 2. The lowest BCUT2D eigenvalue weighted by atomic mass is 10.2. The van der Waals surface area contributed by atoms with Gasteiger partial charge in [-0.3, -0.25) is 9.58 Å². The summed E-state index contributed by atoms with van der Waals surface area (Å²) >= 11 is 0. The second kappa shape index (κ2) is 6.49. The van der Waals surface area contributed by atoms with E-state index in [0.717, 1.165) is 30.4 Å². The van der Waals surface area contributed by atoms with Crippen molar-refractivity contribution in [3.05, 3.63) is 30.5 Å². The maximum atomic E-state index is 12.0. The van der Waals surface area contributed by atoms with Crippen molar-refractivity contribution in [2.45, 2.75) is 18.9 Å². The Balaban J connectivity index is 1.55. The monoisotopic (exact) mass is 295 g/mol. The van der Waals surface area contributed by atoms with E-state index in [9.17, 15) is 8.78 Å². The summed E-state index contributed by atoms with van der Waals surface area (Å²) in [6, 6.07) is 8.52. The maximum absolute atomic E-state index is 12.0. The topological polar surface area (TPSA) is 30.3 Å². The smallest absolute Gasteiger partial charge is 0.261 e. The van der Waals surface area contributed by atoms with Crippen LogP contribution in [0.15, 0.2) is 30.5 Å². The molecule has 3 rings (SSSR count). The van der Waals surface area contributed by atoms with Gasteiger partial charge in [-0.2, -0.15) is 5.10 Å². The summed E-state index contributed by atoms with van der Waals surface area (Å²) in [5, 5.41) is 5.64. The van der Waals surface area contributed by atoms with E-state index in [1.54, 1.807) is 0 Å². The highest BCUT2D eigenvalue weighted by Gasteiger charge is 2.25. The highest BCUT2D eigenvalue weighted by Crippen LogP contribution is 2.25. The summed E-state index contributed by atoms with van der Waals surface area (Å²) in [6.07, 6.45) is 0.538. The molecular formula is C15H19F2N3O. The van der Waals surface area contributed by atoms with Gasteiger partial charge in [0.1, 0.15) is 6.61 Å². The molecule has 0 radical (unpaired) electrons. The number of hydrogen-bond acceptors (Lipinski definition) is 3. The zero-order valence-electron chi connectivity index (χ0n) is 11.8. The maximum Gasteiger partial charge on any atom is 0.261 e. The summed E-state index contributed by atoms with van der Waals surface area (Å²) in [5.41, 5.74) is 1.15. The molecule has 0 unspecified atom stereocenters. The van der Waals surface area contributed by atoms with Crippen LogP contribution in [0.25, 0.3) is 10.9 Å². The van der Waals surface area contributed by atoms with Crippen LogP contribution in [0.1, 0.15) is 12.5 Å². The predicted octanol–water partition coefficient (Wildman–Crippen LogP) is 2.56. The average molecular weight is 295 g/mol. The van der Waals surface area contributed by atoms with Crippen molar-refractivity contribution in [3.8, 4) is 0 Å². The number of para-hydroxylation sites is 1. The highest BCUT2D eigenvalue weighted by atomic mass is 19.3. The van der Waals surface area contributed by atoms with E-state index in [2.05, 4.69) is 26.8 Å². The van der Waals surface area contributed by atoms with E-state index in [4.69, 9.17) is 4.74 Å². The van der Waals surface area contributed by atoms with Gasteiger partial charge in [-0.15, -0.1) is 0 Å². The summed E-state index contributed by atoms with van der Waals surface area (Å²) < 4.78 is 31.0. The van der Waals surface area contributed by atoms with Crippen molar-refractivity contribution in [3.63, 3.8) is 0 Å². The minimum Gasteiger partial charge on any atom is -0.374 e. The van der Waals surface area contributed by atoms with Crippen LogP contribution in [0.3, 0.4) is 0 Å². The van der Waals surface area contributed by atoms with E-state index >= 15 is 0 Å². The first-order valence-corrected chi connectivity index (χ1v) is 7.24. The number of alkyl halides is 2. The van der Waals surface area contributed by atoms with Gasteiger partial charge < -0.3 is 4.74 Å². The summed E-state index contributed by atoms with van der Waals surface area (Å²) in [4.78, 5) is 2.24. The lowest BCUT2D eigenvalue weighted by molar-refractivity contribution is 0.0113. The molecule has 0 bridgehead atoms. The van der Waals surface area contributed by atoms with Gasteiger partial charge >= 0.3 is 0 Å². The predicted molar refractivity (Wildman–Crippen MR) is 76.7 cm³/mol. The number of nitrogens with zero attached hydrogens (tertiary/aromatic N) is 3. The van der Waals surface area contributed by atoms with Gasteiger partial charge in [0.15, 0.2) is 0 Å². The Morgan fingerprint density at radius 3 is 3.05 bits per heavy atom. The van der Waals surface area contributed by atoms with Crippen LogP contribution in [0.2, 0.25) is 0 Å². The second-order valence-corrected chi connectivity index (χ2v) is 5.36. The van der Waals surface area contributed by atoms with E-state index in [1.807, 2.05) is 18.3 Å². The number of benzene rings is 1. The third-order valence-electron chi connectivity index (χ3n) is 3.89. The lowest BCUT2D eigenvalue weighted by Gasteiger charge is -2.16. The van der Waals surface area contributed by atoms with Gasteiger partial charge in [0.05, 0.1) is 24.4 Å². The van der Waals surface area contributed by atoms with E-state index in [-0.39, 0.29) is 0 Å². The van der Waals surface area contributed by atoms with Gasteiger partial charge in [0.25, 0.3) is 6.43 Å². The zero-order chi connectivity index (χ0) is 14.7. The van der Waals surface area contributed by atoms with Crippen molar-refractivity contribution < 1.29 is 13.5 Å². The number of fused-ring (bicyclic) bond motifs is 1. The molecule has 1 aromatic heterocycles. The molecule has 1 aliphatic rings. The molecule has 1 aromatic carbocycles. The third kappa shape index (κ3) is 3.39. The Morgan fingerprint density at radius 1 is 1.33 bits per heavy atom. The Hall–Kier alpha value is -1.53. The normalized spacial score (nSPS) is 19.9. The molecule has 2 heterocycles. The Morgan fingerprint density at radius 2 is 2.19 bits per heavy atom. The second-order valence-electron chi connectivity index (χ2n) is 5.36. The van der Waals surface area contributed by atoms with Crippen molar-refractivity contribution in [2.24, 2.45) is 0 Å². The molecule has 4 nitrogen and oxygen atoms in total. The molecule has 1 aliphatic heterocycles. The molecule has 0 N–H and O–H groups in total. The third-order valence-corrected chi connectivity index (χ3v) is 3.89. The van der Waals surface area contributed by atoms with Crippen LogP contribution < -0.4 is 0 Å². The van der Waals surface area contributed by atoms with E-state index in [0.29, 0.717) is 19.2 Å². The fourth-order valence-corrected chi connectivity index (χ4v) is 2.86. The molecule has 0 saturated carbocycles. The molecule has 1 fully saturated rings. The van der Waals surface area contributed by atoms with Gasteiger partial charge in [0, 0.05) is 25.0 Å². The molecule has 0 aliphatic carbocycles. The average Bonchev–Trinajstić information content (AvgIpc) is 3.09. The fraction of sp³-hybridized carbons (Fsp3) is 0.533. The molecule has 0 amide bonds. The largest absolute Gasteiger partial charge is 0.374 e. The quantitative estimate of drug-likeness (QED) is 0.767.